The lowest BCUT2D eigenvalue weighted by Gasteiger charge is -2.26. The molecule has 2 aromatic heterocycles. The van der Waals surface area contributed by atoms with E-state index in [0.717, 1.165) is 37.2 Å². The molecule has 1 amide bonds. The monoisotopic (exact) mass is 378 g/mol. The van der Waals surface area contributed by atoms with Crippen molar-refractivity contribution in [3.8, 4) is 11.3 Å². The van der Waals surface area contributed by atoms with Crippen molar-refractivity contribution in [1.82, 2.24) is 19.1 Å². The van der Waals surface area contributed by atoms with E-state index >= 15 is 0 Å². The minimum absolute atomic E-state index is 0.114. The lowest BCUT2D eigenvalue weighted by Crippen LogP contribution is -2.36. The van der Waals surface area contributed by atoms with E-state index < -0.39 is 0 Å². The number of carbonyl (C=O) groups is 1. The molecule has 6 nitrogen and oxygen atoms in total. The van der Waals surface area contributed by atoms with Crippen molar-refractivity contribution in [1.29, 1.82) is 0 Å². The Labute approximate surface area is 164 Å². The molecule has 1 saturated heterocycles. The van der Waals surface area contributed by atoms with Crippen molar-refractivity contribution < 1.29 is 4.79 Å². The molecule has 0 unspecified atom stereocenters. The van der Waals surface area contributed by atoms with Crippen LogP contribution in [0.15, 0.2) is 41.5 Å². The highest BCUT2D eigenvalue weighted by atomic mass is 16.2. The van der Waals surface area contributed by atoms with Gasteiger partial charge in [-0.1, -0.05) is 12.1 Å². The van der Waals surface area contributed by atoms with E-state index in [0.29, 0.717) is 18.5 Å². The van der Waals surface area contributed by atoms with Crippen LogP contribution in [0.25, 0.3) is 16.8 Å². The number of hydrogen-bond acceptors (Lipinski definition) is 3. The van der Waals surface area contributed by atoms with E-state index in [9.17, 15) is 9.59 Å². The number of piperidine rings is 1. The highest BCUT2D eigenvalue weighted by Gasteiger charge is 2.17. The summed E-state index contributed by atoms with van der Waals surface area (Å²) < 4.78 is 3.23. The van der Waals surface area contributed by atoms with Gasteiger partial charge >= 0.3 is 0 Å². The minimum atomic E-state index is -0.114. The molecule has 6 heteroatoms. The van der Waals surface area contributed by atoms with Crippen LogP contribution in [0.2, 0.25) is 0 Å². The first-order chi connectivity index (χ1) is 13.5. The summed E-state index contributed by atoms with van der Waals surface area (Å²) in [7, 11) is 0. The summed E-state index contributed by atoms with van der Waals surface area (Å²) >= 11 is 0. The molecule has 0 N–H and O–H groups in total. The summed E-state index contributed by atoms with van der Waals surface area (Å²) in [6, 6.07) is 8.02. The van der Waals surface area contributed by atoms with Crippen LogP contribution in [0.1, 0.15) is 36.8 Å². The van der Waals surface area contributed by atoms with E-state index in [-0.39, 0.29) is 11.5 Å². The molecule has 0 aliphatic carbocycles. The second-order valence-electron chi connectivity index (χ2n) is 7.65. The Morgan fingerprint density at radius 2 is 1.82 bits per heavy atom. The maximum Gasteiger partial charge on any atom is 0.276 e. The number of nitrogens with zero attached hydrogens (tertiary/aromatic N) is 4. The second-order valence-corrected chi connectivity index (χ2v) is 7.65. The number of hydrogen-bond donors (Lipinski definition) is 0. The maximum absolute atomic E-state index is 12.9. The third-order valence-corrected chi connectivity index (χ3v) is 5.68. The van der Waals surface area contributed by atoms with Crippen LogP contribution >= 0.6 is 0 Å². The van der Waals surface area contributed by atoms with Gasteiger partial charge in [-0.3, -0.25) is 9.59 Å². The molecule has 3 aromatic rings. The van der Waals surface area contributed by atoms with Crippen molar-refractivity contribution in [2.75, 3.05) is 13.1 Å². The zero-order valence-electron chi connectivity index (χ0n) is 16.5. The molecule has 1 aliphatic heterocycles. The van der Waals surface area contributed by atoms with Crippen molar-refractivity contribution in [3.63, 3.8) is 0 Å². The number of aromatic nitrogens is 3. The Morgan fingerprint density at radius 1 is 1.04 bits per heavy atom. The van der Waals surface area contributed by atoms with Crippen molar-refractivity contribution in [2.45, 2.75) is 46.1 Å². The first kappa shape index (κ1) is 18.5. The Balaban J connectivity index is 1.56. The highest BCUT2D eigenvalue weighted by Crippen LogP contribution is 2.21. The molecule has 1 aliphatic rings. The number of likely N-dealkylation sites (tertiary alicyclic amines) is 1. The summed E-state index contributed by atoms with van der Waals surface area (Å²) in [5.41, 5.74) is 4.62. The van der Waals surface area contributed by atoms with Crippen LogP contribution < -0.4 is 5.56 Å². The number of aryl methyl sites for hydroxylation is 3. The molecule has 4 rings (SSSR count). The molecule has 1 fully saturated rings. The first-order valence-corrected chi connectivity index (χ1v) is 9.97. The van der Waals surface area contributed by atoms with Crippen LogP contribution in [0.3, 0.4) is 0 Å². The zero-order chi connectivity index (χ0) is 19.7. The average molecular weight is 378 g/mol. The number of carbonyl (C=O) groups excluding carboxylic acids is 1. The smallest absolute Gasteiger partial charge is 0.276 e. The van der Waals surface area contributed by atoms with Gasteiger partial charge in [0.25, 0.3) is 5.56 Å². The SMILES string of the molecule is Cc1ccc(-c2cc3c(=O)n(CCC(=O)N4CCCCC4)ccn3n2)cc1C. The van der Waals surface area contributed by atoms with E-state index in [4.69, 9.17) is 0 Å². The third kappa shape index (κ3) is 3.59. The topological polar surface area (TPSA) is 59.6 Å². The van der Waals surface area contributed by atoms with Crippen LogP contribution in [0.4, 0.5) is 0 Å². The van der Waals surface area contributed by atoms with Crippen LogP contribution in [0, 0.1) is 13.8 Å². The van der Waals surface area contributed by atoms with Gasteiger partial charge in [-0.15, -0.1) is 0 Å². The molecule has 28 heavy (non-hydrogen) atoms. The lowest BCUT2D eigenvalue weighted by atomic mass is 10.0. The Hall–Kier alpha value is -2.89. The highest BCUT2D eigenvalue weighted by molar-refractivity contribution is 5.76. The summed E-state index contributed by atoms with van der Waals surface area (Å²) in [6.45, 7) is 6.23. The molecule has 3 heterocycles. The van der Waals surface area contributed by atoms with Crippen molar-refractivity contribution in [2.24, 2.45) is 0 Å². The Bertz CT molecular complexity index is 1070. The molecular formula is C22H26N4O2. The Morgan fingerprint density at radius 3 is 2.57 bits per heavy atom. The zero-order valence-corrected chi connectivity index (χ0v) is 16.5. The fraction of sp³-hybridized carbons (Fsp3) is 0.409. The van der Waals surface area contributed by atoms with Crippen LogP contribution in [-0.2, 0) is 11.3 Å². The third-order valence-electron chi connectivity index (χ3n) is 5.68. The first-order valence-electron chi connectivity index (χ1n) is 9.97. The molecular weight excluding hydrogens is 352 g/mol. The second kappa shape index (κ2) is 7.62. The van der Waals surface area contributed by atoms with Crippen LogP contribution in [0.5, 0.6) is 0 Å². The van der Waals surface area contributed by atoms with Gasteiger partial charge in [0.05, 0.1) is 5.69 Å². The summed E-state index contributed by atoms with van der Waals surface area (Å²) in [5.74, 6) is 0.135. The Kier molecular flexibility index (Phi) is 5.03. The van der Waals surface area contributed by atoms with E-state index in [1.165, 1.54) is 17.5 Å². The van der Waals surface area contributed by atoms with E-state index in [2.05, 4.69) is 31.1 Å². The van der Waals surface area contributed by atoms with Gasteiger partial charge in [-0.2, -0.15) is 5.10 Å². The number of amides is 1. The molecule has 1 aromatic carbocycles. The van der Waals surface area contributed by atoms with Crippen molar-refractivity contribution in [3.05, 3.63) is 58.1 Å². The van der Waals surface area contributed by atoms with Gasteiger partial charge in [0.2, 0.25) is 5.91 Å². The minimum Gasteiger partial charge on any atom is -0.343 e. The van der Waals surface area contributed by atoms with Gasteiger partial charge in [0, 0.05) is 44.0 Å². The fourth-order valence-corrected chi connectivity index (χ4v) is 3.76. The van der Waals surface area contributed by atoms with E-state index in [1.807, 2.05) is 17.0 Å². The predicted molar refractivity (Wildman–Crippen MR) is 109 cm³/mol. The van der Waals surface area contributed by atoms with Gasteiger partial charge in [0.1, 0.15) is 5.52 Å². The molecule has 0 atom stereocenters. The number of benzene rings is 1. The normalized spacial score (nSPS) is 14.6. The van der Waals surface area contributed by atoms with Crippen LogP contribution in [-0.4, -0.2) is 38.1 Å². The summed E-state index contributed by atoms with van der Waals surface area (Å²) in [4.78, 5) is 27.2. The summed E-state index contributed by atoms with van der Waals surface area (Å²) in [6.07, 6.45) is 7.21. The largest absolute Gasteiger partial charge is 0.343 e. The molecule has 146 valence electrons. The predicted octanol–water partition coefficient (Wildman–Crippen LogP) is 3.18. The summed E-state index contributed by atoms with van der Waals surface area (Å²) in [5, 5.41) is 4.55. The van der Waals surface area contributed by atoms with E-state index in [1.54, 1.807) is 21.5 Å². The van der Waals surface area contributed by atoms with Crippen molar-refractivity contribution >= 4 is 11.4 Å². The standard InChI is InChI=1S/C22H26N4O2/c1-16-6-7-18(14-17(16)2)19-15-20-22(28)25(12-13-26(20)23-19)11-8-21(27)24-9-4-3-5-10-24/h6-7,12-15H,3-5,8-11H2,1-2H3. The maximum atomic E-state index is 12.9. The number of fused-ring (bicyclic) bond motifs is 1. The molecule has 0 radical (unpaired) electrons. The average Bonchev–Trinajstić information content (AvgIpc) is 3.15. The number of rotatable bonds is 4. The molecule has 0 spiro atoms. The molecule has 0 bridgehead atoms. The van der Waals surface area contributed by atoms with Gasteiger partial charge in [-0.05, 0) is 56.4 Å². The van der Waals surface area contributed by atoms with Gasteiger partial charge in [0.15, 0.2) is 0 Å². The quantitative estimate of drug-likeness (QED) is 0.701. The fourth-order valence-electron chi connectivity index (χ4n) is 3.76. The molecule has 0 saturated carbocycles. The van der Waals surface area contributed by atoms with Gasteiger partial charge < -0.3 is 9.47 Å². The lowest BCUT2D eigenvalue weighted by molar-refractivity contribution is -0.132. The van der Waals surface area contributed by atoms with Gasteiger partial charge in [-0.25, -0.2) is 4.52 Å².